The van der Waals surface area contributed by atoms with Crippen LogP contribution in [0, 0.1) is 11.3 Å². The van der Waals surface area contributed by atoms with Crippen LogP contribution >= 0.6 is 0 Å². The summed E-state index contributed by atoms with van der Waals surface area (Å²) in [5.41, 5.74) is 3.62. The van der Waals surface area contributed by atoms with E-state index in [1.807, 2.05) is 48.5 Å². The van der Waals surface area contributed by atoms with Gasteiger partial charge < -0.3 is 10.2 Å². The van der Waals surface area contributed by atoms with Gasteiger partial charge in [-0.05, 0) is 18.2 Å². The van der Waals surface area contributed by atoms with Gasteiger partial charge in [-0.1, -0.05) is 30.3 Å². The lowest BCUT2D eigenvalue weighted by atomic mass is 10.1. The summed E-state index contributed by atoms with van der Waals surface area (Å²) in [6.45, 7) is 1.63. The Hall–Kier alpha value is -2.64. The Kier molecular flexibility index (Phi) is 5.29. The van der Waals surface area contributed by atoms with Gasteiger partial charge in [-0.3, -0.25) is 4.79 Å². The number of carbonyl (C=O) groups excluding carboxylic acids is 1. The van der Waals surface area contributed by atoms with E-state index in [4.69, 9.17) is 5.26 Å². The van der Waals surface area contributed by atoms with Crippen molar-refractivity contribution in [2.24, 2.45) is 0 Å². The molecule has 2 aromatic rings. The van der Waals surface area contributed by atoms with Crippen LogP contribution in [0.4, 0.5) is 0 Å². The number of hydrogen-bond acceptors (Lipinski definition) is 2. The summed E-state index contributed by atoms with van der Waals surface area (Å²) in [6.07, 6.45) is 0. The lowest BCUT2D eigenvalue weighted by molar-refractivity contribution is -0.907. The van der Waals surface area contributed by atoms with Crippen molar-refractivity contribution in [1.82, 2.24) is 5.32 Å². The maximum Gasteiger partial charge on any atom is 0.251 e. The summed E-state index contributed by atoms with van der Waals surface area (Å²) in [6, 6.07) is 17.6. The van der Waals surface area contributed by atoms with Gasteiger partial charge in [-0.2, -0.15) is 5.26 Å². The smallest absolute Gasteiger partial charge is 0.251 e. The molecule has 0 saturated heterocycles. The lowest BCUT2D eigenvalue weighted by Gasteiger charge is -2.15. The molecule has 0 aliphatic heterocycles. The fourth-order valence-electron chi connectivity index (χ4n) is 2.44. The van der Waals surface area contributed by atoms with E-state index < -0.39 is 0 Å². The monoisotopic (exact) mass is 294 g/mol. The van der Waals surface area contributed by atoms with E-state index in [-0.39, 0.29) is 5.91 Å². The van der Waals surface area contributed by atoms with E-state index in [0.29, 0.717) is 5.56 Å². The highest BCUT2D eigenvalue weighted by Gasteiger charge is 2.09. The molecule has 2 rings (SSSR count). The minimum absolute atomic E-state index is 0.0739. The Bertz CT molecular complexity index is 686. The van der Waals surface area contributed by atoms with Crippen molar-refractivity contribution in [1.29, 1.82) is 5.26 Å². The van der Waals surface area contributed by atoms with Crippen molar-refractivity contribution in [2.75, 3.05) is 14.1 Å². The first-order valence-corrected chi connectivity index (χ1v) is 7.24. The molecule has 22 heavy (non-hydrogen) atoms. The molecule has 0 aliphatic rings. The quantitative estimate of drug-likeness (QED) is 0.868. The predicted molar refractivity (Wildman–Crippen MR) is 85.3 cm³/mol. The molecule has 0 aliphatic carbocycles. The Labute approximate surface area is 131 Å². The molecule has 1 atom stereocenters. The highest BCUT2D eigenvalue weighted by molar-refractivity contribution is 5.93. The molecule has 0 fully saturated rings. The van der Waals surface area contributed by atoms with Crippen LogP contribution in [0.15, 0.2) is 48.5 Å². The number of nitriles is 1. The van der Waals surface area contributed by atoms with Crippen LogP contribution in [0.5, 0.6) is 0 Å². The van der Waals surface area contributed by atoms with Gasteiger partial charge in [0, 0.05) is 23.7 Å². The lowest BCUT2D eigenvalue weighted by Crippen LogP contribution is -3.06. The second kappa shape index (κ2) is 7.39. The predicted octanol–water partition coefficient (Wildman–Crippen LogP) is 1.13. The summed E-state index contributed by atoms with van der Waals surface area (Å²) in [5, 5.41) is 11.7. The van der Waals surface area contributed by atoms with Crippen molar-refractivity contribution in [2.45, 2.75) is 13.1 Å². The van der Waals surface area contributed by atoms with Crippen LogP contribution in [-0.4, -0.2) is 20.0 Å². The fraction of sp³-hybridized carbons (Fsp3) is 0.222. The summed E-state index contributed by atoms with van der Waals surface area (Å²) in [4.78, 5) is 12.8. The summed E-state index contributed by atoms with van der Waals surface area (Å²) in [5.74, 6) is -0.0739. The Balaban J connectivity index is 2.01. The van der Waals surface area contributed by atoms with Gasteiger partial charge in [-0.15, -0.1) is 0 Å². The second-order valence-corrected chi connectivity index (χ2v) is 5.36. The number of quaternary nitrogens is 1. The third-order valence-corrected chi connectivity index (χ3v) is 3.58. The zero-order chi connectivity index (χ0) is 15.9. The van der Waals surface area contributed by atoms with Gasteiger partial charge in [0.05, 0.1) is 18.7 Å². The topological polar surface area (TPSA) is 57.3 Å². The molecule has 4 nitrogen and oxygen atoms in total. The third kappa shape index (κ3) is 3.94. The first kappa shape index (κ1) is 15.7. The van der Waals surface area contributed by atoms with Crippen molar-refractivity contribution in [3.8, 4) is 6.07 Å². The Morgan fingerprint density at radius 2 is 1.82 bits per heavy atom. The van der Waals surface area contributed by atoms with Crippen LogP contribution in [0.3, 0.4) is 0 Å². The third-order valence-electron chi connectivity index (χ3n) is 3.58. The highest BCUT2D eigenvalue weighted by atomic mass is 16.1. The van der Waals surface area contributed by atoms with Crippen molar-refractivity contribution >= 4 is 5.91 Å². The number of nitrogens with zero attached hydrogens (tertiary/aromatic N) is 1. The van der Waals surface area contributed by atoms with Crippen molar-refractivity contribution < 1.29 is 9.69 Å². The molecular weight excluding hydrogens is 274 g/mol. The first-order valence-electron chi connectivity index (χ1n) is 7.24. The average molecular weight is 294 g/mol. The molecule has 112 valence electrons. The van der Waals surface area contributed by atoms with E-state index in [1.54, 1.807) is 7.05 Å². The average Bonchev–Trinajstić information content (AvgIpc) is 2.55. The van der Waals surface area contributed by atoms with Crippen molar-refractivity contribution in [3.63, 3.8) is 0 Å². The molecule has 0 spiro atoms. The molecule has 0 bridgehead atoms. The molecule has 0 radical (unpaired) electrons. The van der Waals surface area contributed by atoms with Gasteiger partial charge >= 0.3 is 0 Å². The van der Waals surface area contributed by atoms with Gasteiger partial charge in [0.15, 0.2) is 0 Å². The maximum absolute atomic E-state index is 11.5. The molecule has 0 heterocycles. The number of hydrogen-bond donors (Lipinski definition) is 2. The van der Waals surface area contributed by atoms with Gasteiger partial charge in [-0.25, -0.2) is 0 Å². The molecule has 1 unspecified atom stereocenters. The summed E-state index contributed by atoms with van der Waals surface area (Å²) < 4.78 is 0. The number of nitrogens with one attached hydrogen (secondary N) is 2. The Morgan fingerprint density at radius 3 is 2.45 bits per heavy atom. The summed E-state index contributed by atoms with van der Waals surface area (Å²) in [7, 11) is 3.72. The second-order valence-electron chi connectivity index (χ2n) is 5.36. The molecule has 1 amide bonds. The van der Waals surface area contributed by atoms with Gasteiger partial charge in [0.2, 0.25) is 0 Å². The van der Waals surface area contributed by atoms with Crippen LogP contribution in [0.25, 0.3) is 0 Å². The molecule has 2 N–H and O–H groups in total. The zero-order valence-electron chi connectivity index (χ0n) is 12.9. The van der Waals surface area contributed by atoms with Crippen LogP contribution in [-0.2, 0) is 13.1 Å². The van der Waals surface area contributed by atoms with E-state index in [2.05, 4.69) is 18.4 Å². The molecular formula is C18H20N3O+. The minimum atomic E-state index is -0.0739. The van der Waals surface area contributed by atoms with E-state index in [1.165, 1.54) is 10.5 Å². The normalized spacial score (nSPS) is 11.5. The van der Waals surface area contributed by atoms with E-state index >= 15 is 0 Å². The molecule has 0 saturated carbocycles. The first-order chi connectivity index (χ1) is 10.6. The van der Waals surface area contributed by atoms with Gasteiger partial charge in [0.25, 0.3) is 5.91 Å². The van der Waals surface area contributed by atoms with Gasteiger partial charge in [0.1, 0.15) is 13.1 Å². The summed E-state index contributed by atoms with van der Waals surface area (Å²) >= 11 is 0. The van der Waals surface area contributed by atoms with Crippen LogP contribution in [0.2, 0.25) is 0 Å². The zero-order valence-corrected chi connectivity index (χ0v) is 12.9. The largest absolute Gasteiger partial charge is 0.355 e. The molecule has 2 aromatic carbocycles. The maximum atomic E-state index is 11.5. The van der Waals surface area contributed by atoms with Crippen LogP contribution < -0.4 is 10.2 Å². The SMILES string of the molecule is CNC(=O)c1ccc(C[NH+](C)Cc2ccccc2C#N)cc1. The minimum Gasteiger partial charge on any atom is -0.355 e. The van der Waals surface area contributed by atoms with Crippen LogP contribution in [0.1, 0.15) is 27.0 Å². The number of amides is 1. The van der Waals surface area contributed by atoms with E-state index in [9.17, 15) is 4.79 Å². The molecule has 4 heteroatoms. The molecule has 0 aromatic heterocycles. The van der Waals surface area contributed by atoms with E-state index in [0.717, 1.165) is 24.2 Å². The number of carbonyl (C=O) groups is 1. The standard InChI is InChI=1S/C18H19N3O/c1-20-18(22)15-9-7-14(8-10-15)12-21(2)13-17-6-4-3-5-16(17)11-19/h3-10H,12-13H2,1-2H3,(H,20,22)/p+1. The van der Waals surface area contributed by atoms with Crippen molar-refractivity contribution in [3.05, 3.63) is 70.8 Å². The number of rotatable bonds is 5. The highest BCUT2D eigenvalue weighted by Crippen LogP contribution is 2.06. The number of benzene rings is 2. The fourth-order valence-corrected chi connectivity index (χ4v) is 2.44. The Morgan fingerprint density at radius 1 is 1.14 bits per heavy atom.